The van der Waals surface area contributed by atoms with Crippen LogP contribution in [0.2, 0.25) is 0 Å². The molecule has 0 aromatic heterocycles. The van der Waals surface area contributed by atoms with Crippen molar-refractivity contribution < 1.29 is 22.1 Å². The molecular weight excluding hydrogens is 400 g/mol. The first kappa shape index (κ1) is 19.0. The number of amidine groups is 1. The van der Waals surface area contributed by atoms with E-state index in [2.05, 4.69) is 38.4 Å². The van der Waals surface area contributed by atoms with Crippen LogP contribution < -0.4 is 27.5 Å². The minimum atomic E-state index is 0. The molecule has 5 heteroatoms. The van der Waals surface area contributed by atoms with Gasteiger partial charge in [0.2, 0.25) is 0 Å². The van der Waals surface area contributed by atoms with E-state index in [1.165, 1.54) is 0 Å². The largest absolute Gasteiger partial charge is 1.00 e. The lowest BCUT2D eigenvalue weighted by atomic mass is 10.2. The summed E-state index contributed by atoms with van der Waals surface area (Å²) in [6, 6.07) is 26.1. The molecule has 0 unspecified atom stereocenters. The standard InChI is InChI=1S/C20H17BrN2O.ClH/c1-24-19-13-11-18(12-14-19)23-20(15-5-3-2-4-6-15)22-17-9-7-16(21)8-10-17;/h2-14H,1H3,(H,22,23);1H. The first-order valence-corrected chi connectivity index (χ1v) is 8.40. The van der Waals surface area contributed by atoms with Gasteiger partial charge in [-0.25, -0.2) is 10.3 Å². The lowest BCUT2D eigenvalue weighted by Gasteiger charge is -2.05. The van der Waals surface area contributed by atoms with E-state index in [0.717, 1.165) is 33.0 Å². The van der Waals surface area contributed by atoms with E-state index in [9.17, 15) is 0 Å². The van der Waals surface area contributed by atoms with Gasteiger partial charge in [0, 0.05) is 4.47 Å². The van der Waals surface area contributed by atoms with Gasteiger partial charge in [-0.2, -0.15) is 0 Å². The van der Waals surface area contributed by atoms with Crippen molar-refractivity contribution in [1.82, 2.24) is 0 Å². The minimum absolute atomic E-state index is 0. The van der Waals surface area contributed by atoms with Crippen LogP contribution in [-0.2, 0) is 0 Å². The Morgan fingerprint density at radius 1 is 0.880 bits per heavy atom. The van der Waals surface area contributed by atoms with Gasteiger partial charge in [0.05, 0.1) is 12.7 Å². The van der Waals surface area contributed by atoms with E-state index in [0.29, 0.717) is 0 Å². The second-order valence-corrected chi connectivity index (χ2v) is 6.14. The van der Waals surface area contributed by atoms with Crippen LogP contribution in [0, 0.1) is 0 Å². The topological polar surface area (TPSA) is 35.2 Å². The van der Waals surface area contributed by atoms with E-state index >= 15 is 0 Å². The zero-order valence-corrected chi connectivity index (χ0v) is 16.0. The monoisotopic (exact) mass is 416 g/mol. The zero-order chi connectivity index (χ0) is 16.8. The highest BCUT2D eigenvalue weighted by molar-refractivity contribution is 9.10. The Morgan fingerprint density at radius 3 is 2.12 bits per heavy atom. The van der Waals surface area contributed by atoms with Crippen LogP contribution in [0.5, 0.6) is 5.75 Å². The Hall–Kier alpha value is -2.30. The highest BCUT2D eigenvalue weighted by Crippen LogP contribution is 2.16. The number of ether oxygens (including phenoxy) is 1. The van der Waals surface area contributed by atoms with Crippen LogP contribution in [0.15, 0.2) is 83.3 Å². The number of hydrogen-bond acceptors (Lipinski definition) is 1. The molecule has 0 fully saturated rings. The zero-order valence-electron chi connectivity index (χ0n) is 13.7. The maximum absolute atomic E-state index is 5.21. The summed E-state index contributed by atoms with van der Waals surface area (Å²) < 4.78 is 6.26. The fourth-order valence-electron chi connectivity index (χ4n) is 2.28. The molecular formula is C20H18BrClN2O. The molecule has 0 radical (unpaired) electrons. The van der Waals surface area contributed by atoms with Crippen LogP contribution in [0.1, 0.15) is 5.56 Å². The lowest BCUT2D eigenvalue weighted by Crippen LogP contribution is -3.00. The van der Waals surface area contributed by atoms with Crippen molar-refractivity contribution in [2.75, 3.05) is 12.4 Å². The summed E-state index contributed by atoms with van der Waals surface area (Å²) >= 11 is 3.46. The molecule has 0 aliphatic rings. The Bertz CT molecular complexity index is 819. The second kappa shape index (κ2) is 9.25. The first-order valence-electron chi connectivity index (χ1n) is 7.60. The molecule has 3 nitrogen and oxygen atoms in total. The Balaban J connectivity index is 0.00000225. The molecule has 0 spiro atoms. The fourth-order valence-corrected chi connectivity index (χ4v) is 2.54. The number of halogens is 2. The predicted molar refractivity (Wildman–Crippen MR) is 102 cm³/mol. The molecule has 128 valence electrons. The number of hydrogen-bond donors (Lipinski definition) is 2. The highest BCUT2D eigenvalue weighted by atomic mass is 79.9. The van der Waals surface area contributed by atoms with Crippen LogP contribution in [0.3, 0.4) is 0 Å². The highest BCUT2D eigenvalue weighted by Gasteiger charge is 2.11. The van der Waals surface area contributed by atoms with Crippen molar-refractivity contribution in [3.63, 3.8) is 0 Å². The molecule has 0 saturated heterocycles. The van der Waals surface area contributed by atoms with Gasteiger partial charge in [-0.15, -0.1) is 0 Å². The van der Waals surface area contributed by atoms with Gasteiger partial charge >= 0.3 is 0 Å². The predicted octanol–water partition coefficient (Wildman–Crippen LogP) is 0.733. The Labute approximate surface area is 162 Å². The SMILES string of the molecule is COc1ccc(NC(=[NH+]c2ccc(Br)cc2)c2ccccc2)cc1.[Cl-]. The van der Waals surface area contributed by atoms with E-state index < -0.39 is 0 Å². The van der Waals surface area contributed by atoms with Gasteiger partial charge in [0.15, 0.2) is 0 Å². The molecule has 0 bridgehead atoms. The van der Waals surface area contributed by atoms with Crippen LogP contribution in [0.4, 0.5) is 11.4 Å². The lowest BCUT2D eigenvalue weighted by molar-refractivity contribution is -0.352. The van der Waals surface area contributed by atoms with Crippen molar-refractivity contribution in [3.8, 4) is 5.75 Å². The van der Waals surface area contributed by atoms with E-state index in [-0.39, 0.29) is 12.4 Å². The number of rotatable bonds is 4. The number of nitrogens with one attached hydrogen (secondary N) is 2. The molecule has 3 rings (SSSR count). The summed E-state index contributed by atoms with van der Waals surface area (Å²) in [4.78, 5) is 3.45. The third-order valence-electron chi connectivity index (χ3n) is 3.54. The van der Waals surface area contributed by atoms with Crippen LogP contribution >= 0.6 is 15.9 Å². The molecule has 3 aromatic carbocycles. The molecule has 0 aliphatic heterocycles. The molecule has 0 amide bonds. The maximum Gasteiger partial charge on any atom is 0.285 e. The summed E-state index contributed by atoms with van der Waals surface area (Å²) in [5.74, 6) is 1.76. The van der Waals surface area contributed by atoms with Crippen molar-refractivity contribution >= 4 is 33.1 Å². The maximum atomic E-state index is 5.21. The van der Waals surface area contributed by atoms with Crippen LogP contribution in [-0.4, -0.2) is 12.9 Å². The number of benzene rings is 3. The number of methoxy groups -OCH3 is 1. The molecule has 0 saturated carbocycles. The third kappa shape index (κ3) is 5.34. The summed E-state index contributed by atoms with van der Waals surface area (Å²) in [7, 11) is 1.67. The molecule has 2 N–H and O–H groups in total. The average Bonchev–Trinajstić information content (AvgIpc) is 2.64. The van der Waals surface area contributed by atoms with E-state index in [4.69, 9.17) is 4.74 Å². The quantitative estimate of drug-likeness (QED) is 0.485. The average molecular weight is 418 g/mol. The van der Waals surface area contributed by atoms with E-state index in [1.807, 2.05) is 66.7 Å². The fraction of sp³-hybridized carbons (Fsp3) is 0.0500. The molecule has 0 atom stereocenters. The van der Waals surface area contributed by atoms with Gasteiger partial charge in [-0.05, 0) is 60.7 Å². The molecule has 25 heavy (non-hydrogen) atoms. The second-order valence-electron chi connectivity index (χ2n) is 5.23. The summed E-state index contributed by atoms with van der Waals surface area (Å²) in [5.41, 5.74) is 3.08. The van der Waals surface area contributed by atoms with Crippen molar-refractivity contribution in [3.05, 3.63) is 88.9 Å². The smallest absolute Gasteiger partial charge is 0.285 e. The summed E-state index contributed by atoms with van der Waals surface area (Å²) in [5, 5.41) is 3.45. The van der Waals surface area contributed by atoms with Crippen molar-refractivity contribution in [2.24, 2.45) is 0 Å². The Morgan fingerprint density at radius 2 is 1.52 bits per heavy atom. The van der Waals surface area contributed by atoms with Gasteiger partial charge in [-0.3, -0.25) is 0 Å². The normalized spacial score (nSPS) is 10.7. The van der Waals surface area contributed by atoms with Gasteiger partial charge in [-0.1, -0.05) is 34.1 Å². The van der Waals surface area contributed by atoms with Gasteiger partial charge < -0.3 is 17.1 Å². The first-order chi connectivity index (χ1) is 11.7. The summed E-state index contributed by atoms with van der Waals surface area (Å²) in [6.45, 7) is 0. The van der Waals surface area contributed by atoms with Gasteiger partial charge in [0.25, 0.3) is 5.84 Å². The van der Waals surface area contributed by atoms with Crippen LogP contribution in [0.25, 0.3) is 0 Å². The molecule has 0 heterocycles. The molecule has 0 aliphatic carbocycles. The van der Waals surface area contributed by atoms with Gasteiger partial charge in [0.1, 0.15) is 17.1 Å². The number of anilines is 1. The summed E-state index contributed by atoms with van der Waals surface area (Å²) in [6.07, 6.45) is 0. The van der Waals surface area contributed by atoms with E-state index in [1.54, 1.807) is 7.11 Å². The minimum Gasteiger partial charge on any atom is -1.00 e. The molecule has 3 aromatic rings. The third-order valence-corrected chi connectivity index (χ3v) is 4.06. The Kier molecular flexibility index (Phi) is 7.04. The van der Waals surface area contributed by atoms with Crippen molar-refractivity contribution in [1.29, 1.82) is 0 Å². The van der Waals surface area contributed by atoms with Crippen molar-refractivity contribution in [2.45, 2.75) is 0 Å².